The zero-order valence-corrected chi connectivity index (χ0v) is 20.3. The van der Waals surface area contributed by atoms with Crippen molar-refractivity contribution in [2.24, 2.45) is 10.9 Å². The van der Waals surface area contributed by atoms with Crippen LogP contribution in [-0.4, -0.2) is 36.0 Å². The van der Waals surface area contributed by atoms with Gasteiger partial charge in [0.15, 0.2) is 0 Å². The second kappa shape index (κ2) is 10.6. The molecular formula is C29H25F5N2O2. The normalized spacial score (nSPS) is 19.8. The highest BCUT2D eigenvalue weighted by Gasteiger charge is 2.40. The highest BCUT2D eigenvalue weighted by molar-refractivity contribution is 6.05. The minimum atomic E-state index is -4.77. The van der Waals surface area contributed by atoms with Gasteiger partial charge < -0.3 is 9.64 Å². The number of aliphatic imine (C=N–C) groups is 1. The summed E-state index contributed by atoms with van der Waals surface area (Å²) in [5.41, 5.74) is 2.16. The Hall–Kier alpha value is -3.75. The maximum absolute atomic E-state index is 14.6. The molecule has 2 heterocycles. The van der Waals surface area contributed by atoms with Gasteiger partial charge >= 0.3 is 6.36 Å². The number of alkyl halides is 3. The molecule has 198 valence electrons. The summed E-state index contributed by atoms with van der Waals surface area (Å²) in [7, 11) is 0. The van der Waals surface area contributed by atoms with Crippen LogP contribution in [0, 0.1) is 17.6 Å². The molecule has 1 amide bonds. The lowest BCUT2D eigenvalue weighted by Gasteiger charge is -2.31. The highest BCUT2D eigenvalue weighted by atomic mass is 19.4. The number of rotatable bonds is 5. The third-order valence-electron chi connectivity index (χ3n) is 7.00. The number of amides is 1. The molecule has 3 aromatic rings. The van der Waals surface area contributed by atoms with Crippen LogP contribution in [0.3, 0.4) is 0 Å². The Morgan fingerprint density at radius 3 is 2.00 bits per heavy atom. The Bertz CT molecular complexity index is 1310. The van der Waals surface area contributed by atoms with E-state index < -0.39 is 30.0 Å². The number of hydrogen-bond donors (Lipinski definition) is 0. The van der Waals surface area contributed by atoms with Crippen molar-refractivity contribution in [2.45, 2.75) is 38.1 Å². The minimum Gasteiger partial charge on any atom is -0.406 e. The fraction of sp³-hybridized carbons (Fsp3) is 0.310. The quantitative estimate of drug-likeness (QED) is 0.332. The number of benzene rings is 3. The van der Waals surface area contributed by atoms with Crippen molar-refractivity contribution in [3.63, 3.8) is 0 Å². The Labute approximate surface area is 216 Å². The Kier molecular flexibility index (Phi) is 7.19. The lowest BCUT2D eigenvalue weighted by atomic mass is 9.89. The largest absolute Gasteiger partial charge is 0.573 e. The van der Waals surface area contributed by atoms with Crippen LogP contribution in [0.4, 0.5) is 22.0 Å². The number of carbonyl (C=O) groups is 1. The number of halogens is 5. The summed E-state index contributed by atoms with van der Waals surface area (Å²) in [4.78, 5) is 20.0. The van der Waals surface area contributed by atoms with Gasteiger partial charge in [-0.25, -0.2) is 8.78 Å². The van der Waals surface area contributed by atoms with Crippen LogP contribution >= 0.6 is 0 Å². The number of hydrogen-bond acceptors (Lipinski definition) is 3. The topological polar surface area (TPSA) is 41.9 Å². The summed E-state index contributed by atoms with van der Waals surface area (Å²) in [5, 5.41) is 0. The number of piperidine rings is 1. The van der Waals surface area contributed by atoms with Crippen LogP contribution in [-0.2, 0) is 4.79 Å². The van der Waals surface area contributed by atoms with Gasteiger partial charge in [-0.15, -0.1) is 13.2 Å². The van der Waals surface area contributed by atoms with Crippen LogP contribution < -0.4 is 4.74 Å². The number of ether oxygens (including phenoxy) is 1. The minimum absolute atomic E-state index is 0.0745. The molecule has 2 aliphatic rings. The third kappa shape index (κ3) is 5.56. The van der Waals surface area contributed by atoms with Gasteiger partial charge in [-0.1, -0.05) is 42.5 Å². The van der Waals surface area contributed by atoms with Gasteiger partial charge in [0.05, 0.1) is 17.5 Å². The molecule has 0 aromatic heterocycles. The highest BCUT2D eigenvalue weighted by Crippen LogP contribution is 2.40. The summed E-state index contributed by atoms with van der Waals surface area (Å²) in [5.74, 6) is -2.42. The van der Waals surface area contributed by atoms with Crippen molar-refractivity contribution in [1.82, 2.24) is 4.90 Å². The lowest BCUT2D eigenvalue weighted by molar-refractivity contribution is -0.274. The molecule has 0 saturated carbocycles. The molecule has 3 aromatic carbocycles. The fourth-order valence-corrected chi connectivity index (χ4v) is 5.17. The van der Waals surface area contributed by atoms with Crippen LogP contribution in [0.1, 0.15) is 42.9 Å². The van der Waals surface area contributed by atoms with Crippen molar-refractivity contribution in [3.8, 4) is 16.9 Å². The van der Waals surface area contributed by atoms with Gasteiger partial charge in [-0.05, 0) is 60.2 Å². The van der Waals surface area contributed by atoms with Crippen molar-refractivity contribution in [2.75, 3.05) is 13.1 Å². The van der Waals surface area contributed by atoms with Gasteiger partial charge in [-0.2, -0.15) is 0 Å². The van der Waals surface area contributed by atoms with E-state index in [2.05, 4.69) is 9.73 Å². The SMILES string of the molecule is O=C([C@H]1CC(c2c(F)cccc2F)=N[C@H]1c1ccc(-c2ccc(OC(F)(F)F)cc2)cc1)N1CCCCC1. The summed E-state index contributed by atoms with van der Waals surface area (Å²) in [6, 6.07) is 15.7. The molecule has 5 rings (SSSR count). The summed E-state index contributed by atoms with van der Waals surface area (Å²) < 4.78 is 70.4. The molecule has 0 bridgehead atoms. The molecule has 2 atom stereocenters. The van der Waals surface area contributed by atoms with Crippen LogP contribution in [0.2, 0.25) is 0 Å². The maximum atomic E-state index is 14.6. The number of nitrogens with zero attached hydrogens (tertiary/aromatic N) is 2. The van der Waals surface area contributed by atoms with Crippen LogP contribution in [0.5, 0.6) is 5.75 Å². The smallest absolute Gasteiger partial charge is 0.406 e. The van der Waals surface area contributed by atoms with E-state index in [1.165, 1.54) is 42.5 Å². The second-order valence-electron chi connectivity index (χ2n) is 9.51. The predicted octanol–water partition coefficient (Wildman–Crippen LogP) is 7.09. The average Bonchev–Trinajstić information content (AvgIpc) is 3.33. The second-order valence-corrected chi connectivity index (χ2v) is 9.51. The van der Waals surface area contributed by atoms with E-state index in [9.17, 15) is 26.7 Å². The number of carbonyl (C=O) groups excluding carboxylic acids is 1. The van der Waals surface area contributed by atoms with Gasteiger partial charge in [0.1, 0.15) is 17.4 Å². The third-order valence-corrected chi connectivity index (χ3v) is 7.00. The molecule has 0 unspecified atom stereocenters. The van der Waals surface area contributed by atoms with E-state index in [1.807, 2.05) is 4.90 Å². The van der Waals surface area contributed by atoms with Crippen molar-refractivity contribution < 1.29 is 31.5 Å². The molecule has 0 N–H and O–H groups in total. The van der Waals surface area contributed by atoms with E-state index in [0.717, 1.165) is 24.8 Å². The van der Waals surface area contributed by atoms with Crippen LogP contribution in [0.15, 0.2) is 71.7 Å². The molecule has 1 saturated heterocycles. The molecule has 0 spiro atoms. The van der Waals surface area contributed by atoms with E-state index in [-0.39, 0.29) is 29.4 Å². The Morgan fingerprint density at radius 2 is 1.42 bits per heavy atom. The number of likely N-dealkylation sites (tertiary alicyclic amines) is 1. The van der Waals surface area contributed by atoms with E-state index in [4.69, 9.17) is 0 Å². The van der Waals surface area contributed by atoms with Gasteiger partial charge in [-0.3, -0.25) is 9.79 Å². The lowest BCUT2D eigenvalue weighted by Crippen LogP contribution is -2.40. The first-order valence-electron chi connectivity index (χ1n) is 12.5. The zero-order valence-electron chi connectivity index (χ0n) is 20.3. The molecular weight excluding hydrogens is 503 g/mol. The summed E-state index contributed by atoms with van der Waals surface area (Å²) in [6.07, 6.45) is -1.75. The van der Waals surface area contributed by atoms with Gasteiger partial charge in [0.2, 0.25) is 5.91 Å². The van der Waals surface area contributed by atoms with Crippen molar-refractivity contribution in [3.05, 3.63) is 89.5 Å². The van der Waals surface area contributed by atoms with Crippen molar-refractivity contribution >= 4 is 11.6 Å². The molecule has 2 aliphatic heterocycles. The Balaban J connectivity index is 1.43. The zero-order chi connectivity index (χ0) is 26.9. The van der Waals surface area contributed by atoms with E-state index in [1.54, 1.807) is 24.3 Å². The summed E-state index contributed by atoms with van der Waals surface area (Å²) >= 11 is 0. The van der Waals surface area contributed by atoms with Gasteiger partial charge in [0, 0.05) is 25.2 Å². The van der Waals surface area contributed by atoms with Gasteiger partial charge in [0.25, 0.3) is 0 Å². The van der Waals surface area contributed by atoms with Crippen molar-refractivity contribution in [1.29, 1.82) is 0 Å². The van der Waals surface area contributed by atoms with E-state index >= 15 is 0 Å². The standard InChI is InChI=1S/C29H25F5N2O2/c30-23-5-4-6-24(31)26(23)25-17-22(28(37)36-15-2-1-3-16-36)27(35-25)20-9-7-18(8-10-20)19-11-13-21(14-12-19)38-29(32,33)34/h4-14,22,27H,1-3,15-17H2/t22-,27-/m0/s1. The van der Waals surface area contributed by atoms with E-state index in [0.29, 0.717) is 24.2 Å². The molecule has 4 nitrogen and oxygen atoms in total. The first-order chi connectivity index (χ1) is 18.2. The first-order valence-corrected chi connectivity index (χ1v) is 12.5. The first kappa shape index (κ1) is 25.9. The molecule has 1 fully saturated rings. The fourth-order valence-electron chi connectivity index (χ4n) is 5.17. The van der Waals surface area contributed by atoms with Crippen LogP contribution in [0.25, 0.3) is 11.1 Å². The summed E-state index contributed by atoms with van der Waals surface area (Å²) in [6.45, 7) is 1.30. The molecule has 38 heavy (non-hydrogen) atoms. The molecule has 9 heteroatoms. The monoisotopic (exact) mass is 528 g/mol. The molecule has 0 radical (unpaired) electrons. The predicted molar refractivity (Wildman–Crippen MR) is 133 cm³/mol. The average molecular weight is 529 g/mol. The maximum Gasteiger partial charge on any atom is 0.573 e. The molecule has 0 aliphatic carbocycles. The Morgan fingerprint density at radius 1 is 0.842 bits per heavy atom.